The molecule has 1 saturated heterocycles. The number of hydrogen-bond donors (Lipinski definition) is 2. The lowest BCUT2D eigenvalue weighted by atomic mass is 9.90. The van der Waals surface area contributed by atoms with Crippen LogP contribution in [0.5, 0.6) is 11.5 Å². The highest BCUT2D eigenvalue weighted by Gasteiger charge is 2.43. The molecule has 0 bridgehead atoms. The van der Waals surface area contributed by atoms with E-state index in [0.717, 1.165) is 50.9 Å². The van der Waals surface area contributed by atoms with Crippen LogP contribution in [0, 0.1) is 5.92 Å². The Hall–Kier alpha value is -1.93. The van der Waals surface area contributed by atoms with Gasteiger partial charge in [-0.3, -0.25) is 4.79 Å². The highest BCUT2D eigenvalue weighted by Crippen LogP contribution is 2.41. The predicted molar refractivity (Wildman–Crippen MR) is 92.7 cm³/mol. The summed E-state index contributed by atoms with van der Waals surface area (Å²) in [7, 11) is 0. The monoisotopic (exact) mass is 382 g/mol. The number of aliphatic hydroxyl groups is 1. The van der Waals surface area contributed by atoms with Crippen LogP contribution in [0.3, 0.4) is 0 Å². The van der Waals surface area contributed by atoms with E-state index in [-0.39, 0.29) is 29.4 Å². The summed E-state index contributed by atoms with van der Waals surface area (Å²) in [6.07, 6.45) is -0.252. The smallest absolute Gasteiger partial charge is 0.395 e. The van der Waals surface area contributed by atoms with Crippen LogP contribution >= 0.6 is 0 Å². The number of carbonyl (C=O) groups excluding carboxylic acids is 1. The first-order valence-corrected chi connectivity index (χ1v) is 9.49. The fourth-order valence-corrected chi connectivity index (χ4v) is 3.66. The van der Waals surface area contributed by atoms with Crippen LogP contribution in [-0.2, 0) is 11.2 Å². The van der Waals surface area contributed by atoms with Crippen molar-refractivity contribution < 1.29 is 28.2 Å². The van der Waals surface area contributed by atoms with Crippen molar-refractivity contribution in [3.8, 4) is 11.5 Å². The summed E-state index contributed by atoms with van der Waals surface area (Å²) >= 11 is 0. The minimum absolute atomic E-state index is 0.00669. The van der Waals surface area contributed by atoms with Crippen molar-refractivity contribution in [1.29, 1.82) is 0 Å². The molecule has 1 amide bonds. The Kier molecular flexibility index (Phi) is 4.94. The number of nitrogens with one attached hydrogen (secondary N) is 1. The van der Waals surface area contributed by atoms with E-state index < -0.39 is 12.4 Å². The summed E-state index contributed by atoms with van der Waals surface area (Å²) in [6, 6.07) is 5.12. The Labute approximate surface area is 156 Å². The molecule has 1 unspecified atom stereocenters. The highest BCUT2D eigenvalue weighted by molar-refractivity contribution is 5.81. The van der Waals surface area contributed by atoms with Crippen LogP contribution in [0.4, 0.5) is 8.78 Å². The normalized spacial score (nSPS) is 23.2. The molecule has 148 valence electrons. The molecule has 1 aromatic carbocycles. The third-order valence-electron chi connectivity index (χ3n) is 5.45. The Morgan fingerprint density at radius 3 is 2.63 bits per heavy atom. The van der Waals surface area contributed by atoms with Gasteiger partial charge in [-0.05, 0) is 68.8 Å². The van der Waals surface area contributed by atoms with Crippen molar-refractivity contribution in [2.75, 3.05) is 19.6 Å². The van der Waals surface area contributed by atoms with Gasteiger partial charge in [0.15, 0.2) is 11.5 Å². The number of nitrogens with zero attached hydrogens (tertiary/aromatic N) is 1. The second kappa shape index (κ2) is 7.24. The lowest BCUT2D eigenvalue weighted by Crippen LogP contribution is -2.45. The van der Waals surface area contributed by atoms with E-state index in [1.54, 1.807) is 12.1 Å². The van der Waals surface area contributed by atoms with Crippen LogP contribution in [0.1, 0.15) is 31.2 Å². The van der Waals surface area contributed by atoms with Gasteiger partial charge in [0.25, 0.3) is 0 Å². The van der Waals surface area contributed by atoms with Gasteiger partial charge in [-0.15, -0.1) is 8.78 Å². The second-order valence-electron chi connectivity index (χ2n) is 7.61. The van der Waals surface area contributed by atoms with Crippen LogP contribution in [-0.4, -0.2) is 54.0 Å². The number of amides is 1. The number of rotatable bonds is 6. The molecular formula is C19H24F2N2O4. The molecule has 4 rings (SSSR count). The number of carbonyl (C=O) groups is 1. The van der Waals surface area contributed by atoms with Crippen molar-refractivity contribution in [2.45, 2.75) is 50.5 Å². The third kappa shape index (κ3) is 4.50. The van der Waals surface area contributed by atoms with E-state index in [4.69, 9.17) is 0 Å². The fourth-order valence-electron chi connectivity index (χ4n) is 3.66. The number of aliphatic hydroxyl groups excluding tert-OH is 1. The largest absolute Gasteiger partial charge is 0.586 e. The number of piperidine rings is 1. The molecule has 1 aromatic rings. The third-order valence-corrected chi connectivity index (χ3v) is 5.45. The van der Waals surface area contributed by atoms with Gasteiger partial charge in [-0.2, -0.15) is 0 Å². The summed E-state index contributed by atoms with van der Waals surface area (Å²) in [4.78, 5) is 14.2. The van der Waals surface area contributed by atoms with E-state index in [9.17, 15) is 18.7 Å². The van der Waals surface area contributed by atoms with Gasteiger partial charge >= 0.3 is 6.29 Å². The topological polar surface area (TPSA) is 71.0 Å². The maximum atomic E-state index is 13.1. The molecule has 2 aliphatic heterocycles. The molecule has 2 heterocycles. The van der Waals surface area contributed by atoms with E-state index >= 15 is 0 Å². The summed E-state index contributed by atoms with van der Waals surface area (Å²) in [5.74, 6) is -0.120. The number of likely N-dealkylation sites (tertiary alicyclic amines) is 1. The Bertz CT molecular complexity index is 703. The Morgan fingerprint density at radius 1 is 1.22 bits per heavy atom. The molecule has 3 aliphatic rings. The lowest BCUT2D eigenvalue weighted by Gasteiger charge is -2.33. The number of ether oxygens (including phenoxy) is 2. The van der Waals surface area contributed by atoms with Gasteiger partial charge in [0, 0.05) is 12.6 Å². The molecule has 1 aliphatic carbocycles. The minimum atomic E-state index is -3.59. The molecule has 8 heteroatoms. The Balaban J connectivity index is 1.22. The number of alkyl halides is 2. The first-order chi connectivity index (χ1) is 12.9. The number of benzene rings is 1. The first-order valence-electron chi connectivity index (χ1n) is 9.49. The van der Waals surface area contributed by atoms with Crippen molar-refractivity contribution >= 4 is 5.91 Å². The molecule has 1 atom stereocenters. The van der Waals surface area contributed by atoms with Gasteiger partial charge in [-0.25, -0.2) is 0 Å². The summed E-state index contributed by atoms with van der Waals surface area (Å²) in [5.41, 5.74) is 0.904. The zero-order chi connectivity index (χ0) is 19.0. The molecule has 2 fully saturated rings. The maximum absolute atomic E-state index is 13.1. The van der Waals surface area contributed by atoms with E-state index in [1.807, 2.05) is 0 Å². The molecule has 6 nitrogen and oxygen atoms in total. The molecule has 27 heavy (non-hydrogen) atoms. The second-order valence-corrected chi connectivity index (χ2v) is 7.61. The van der Waals surface area contributed by atoms with Crippen LogP contribution < -0.4 is 14.8 Å². The number of fused-ring (bicyclic) bond motifs is 1. The Morgan fingerprint density at radius 2 is 1.93 bits per heavy atom. The van der Waals surface area contributed by atoms with Gasteiger partial charge in [0.1, 0.15) is 6.10 Å². The van der Waals surface area contributed by atoms with Crippen molar-refractivity contribution in [1.82, 2.24) is 10.2 Å². The molecule has 2 N–H and O–H groups in total. The number of hydrogen-bond acceptors (Lipinski definition) is 5. The van der Waals surface area contributed by atoms with Gasteiger partial charge in [0.05, 0.1) is 0 Å². The molecular weight excluding hydrogens is 358 g/mol. The van der Waals surface area contributed by atoms with E-state index in [1.165, 1.54) is 6.07 Å². The van der Waals surface area contributed by atoms with Crippen molar-refractivity contribution in [3.63, 3.8) is 0 Å². The summed E-state index contributed by atoms with van der Waals surface area (Å²) in [6.45, 7) is 2.40. The van der Waals surface area contributed by atoms with Gasteiger partial charge < -0.3 is 24.8 Å². The first kappa shape index (κ1) is 18.4. The SMILES string of the molecule is O=C(NC1CC1)C(O)C1CCN(CCc2ccc3c(c2)OC(F)(F)O3)CC1. The summed E-state index contributed by atoms with van der Waals surface area (Å²) < 4.78 is 35.0. The number of halogens is 2. The summed E-state index contributed by atoms with van der Waals surface area (Å²) in [5, 5.41) is 13.1. The van der Waals surface area contributed by atoms with E-state index in [2.05, 4.69) is 19.7 Å². The van der Waals surface area contributed by atoms with Crippen LogP contribution in [0.25, 0.3) is 0 Å². The van der Waals surface area contributed by atoms with Crippen LogP contribution in [0.2, 0.25) is 0 Å². The lowest BCUT2D eigenvalue weighted by molar-refractivity contribution is -0.286. The standard InChI is InChI=1S/C19H24F2N2O4/c20-19(21)26-15-4-1-12(11-16(15)27-19)5-8-23-9-6-13(7-10-23)17(24)18(25)22-14-2-3-14/h1,4,11,13-14,17,24H,2-3,5-10H2,(H,22,25). The zero-order valence-electron chi connectivity index (χ0n) is 15.0. The minimum Gasteiger partial charge on any atom is -0.395 e. The van der Waals surface area contributed by atoms with E-state index in [0.29, 0.717) is 6.42 Å². The molecule has 1 saturated carbocycles. The average Bonchev–Trinajstić information content (AvgIpc) is 3.39. The average molecular weight is 382 g/mol. The molecule has 0 radical (unpaired) electrons. The quantitative estimate of drug-likeness (QED) is 0.787. The van der Waals surface area contributed by atoms with Crippen molar-refractivity contribution in [3.05, 3.63) is 23.8 Å². The zero-order valence-corrected chi connectivity index (χ0v) is 15.0. The van der Waals surface area contributed by atoms with Crippen molar-refractivity contribution in [2.24, 2.45) is 5.92 Å². The highest BCUT2D eigenvalue weighted by atomic mass is 19.3. The molecule has 0 spiro atoms. The predicted octanol–water partition coefficient (Wildman–Crippen LogP) is 1.90. The van der Waals surface area contributed by atoms with Gasteiger partial charge in [-0.1, -0.05) is 6.07 Å². The van der Waals surface area contributed by atoms with Gasteiger partial charge in [0.2, 0.25) is 5.91 Å². The van der Waals surface area contributed by atoms with Crippen LogP contribution in [0.15, 0.2) is 18.2 Å². The molecule has 0 aromatic heterocycles. The fraction of sp³-hybridized carbons (Fsp3) is 0.632. The maximum Gasteiger partial charge on any atom is 0.586 e.